The van der Waals surface area contributed by atoms with Crippen molar-refractivity contribution < 1.29 is 0 Å². The van der Waals surface area contributed by atoms with Gasteiger partial charge in [-0.3, -0.25) is 0 Å². The fourth-order valence-corrected chi connectivity index (χ4v) is 3.16. The Morgan fingerprint density at radius 3 is 2.88 bits per heavy atom. The van der Waals surface area contributed by atoms with Crippen molar-refractivity contribution in [3.8, 4) is 0 Å². The Kier molecular flexibility index (Phi) is 4.27. The van der Waals surface area contributed by atoms with Gasteiger partial charge in [0, 0.05) is 24.5 Å². The van der Waals surface area contributed by atoms with E-state index in [1.807, 2.05) is 6.20 Å². The SMILES string of the molecule is CC1CCC(C(C)C)C(NCc2ccc[nH]2)C1. The number of H-pyrrole nitrogens is 1. The van der Waals surface area contributed by atoms with Crippen LogP contribution in [0.1, 0.15) is 45.7 Å². The molecule has 1 aromatic rings. The van der Waals surface area contributed by atoms with Crippen LogP contribution in [0.3, 0.4) is 0 Å². The first-order chi connectivity index (χ1) is 8.16. The molecule has 0 bridgehead atoms. The Balaban J connectivity index is 1.90. The summed E-state index contributed by atoms with van der Waals surface area (Å²) in [6.45, 7) is 8.10. The van der Waals surface area contributed by atoms with Gasteiger partial charge in [0.2, 0.25) is 0 Å². The largest absolute Gasteiger partial charge is 0.364 e. The minimum atomic E-state index is 0.696. The molecule has 17 heavy (non-hydrogen) atoms. The molecule has 0 saturated heterocycles. The van der Waals surface area contributed by atoms with E-state index in [9.17, 15) is 0 Å². The maximum atomic E-state index is 3.75. The third-order valence-corrected chi connectivity index (χ3v) is 4.24. The van der Waals surface area contributed by atoms with Crippen molar-refractivity contribution in [3.05, 3.63) is 24.0 Å². The second kappa shape index (κ2) is 5.72. The molecular weight excluding hydrogens is 208 g/mol. The molecule has 0 aliphatic heterocycles. The fraction of sp³-hybridized carbons (Fsp3) is 0.733. The summed E-state index contributed by atoms with van der Waals surface area (Å²) in [6, 6.07) is 4.92. The van der Waals surface area contributed by atoms with Gasteiger partial charge in [-0.25, -0.2) is 0 Å². The summed E-state index contributed by atoms with van der Waals surface area (Å²) in [5.74, 6) is 2.52. The van der Waals surface area contributed by atoms with Crippen molar-refractivity contribution in [1.29, 1.82) is 0 Å². The second-order valence-electron chi connectivity index (χ2n) is 6.01. The highest BCUT2D eigenvalue weighted by atomic mass is 14.9. The van der Waals surface area contributed by atoms with Crippen LogP contribution in [0.2, 0.25) is 0 Å². The lowest BCUT2D eigenvalue weighted by molar-refractivity contribution is 0.169. The predicted molar refractivity (Wildman–Crippen MR) is 72.8 cm³/mol. The Hall–Kier alpha value is -0.760. The lowest BCUT2D eigenvalue weighted by atomic mass is 9.74. The van der Waals surface area contributed by atoms with Crippen LogP contribution in [0.4, 0.5) is 0 Å². The summed E-state index contributed by atoms with van der Waals surface area (Å²) >= 11 is 0. The van der Waals surface area contributed by atoms with Crippen molar-refractivity contribution >= 4 is 0 Å². The molecule has 2 heteroatoms. The van der Waals surface area contributed by atoms with Crippen molar-refractivity contribution in [2.24, 2.45) is 17.8 Å². The van der Waals surface area contributed by atoms with Crippen LogP contribution in [0.15, 0.2) is 18.3 Å². The van der Waals surface area contributed by atoms with Gasteiger partial charge >= 0.3 is 0 Å². The van der Waals surface area contributed by atoms with Crippen molar-refractivity contribution in [3.63, 3.8) is 0 Å². The summed E-state index contributed by atoms with van der Waals surface area (Å²) < 4.78 is 0. The summed E-state index contributed by atoms with van der Waals surface area (Å²) in [5, 5.41) is 3.75. The highest BCUT2D eigenvalue weighted by molar-refractivity contribution is 5.03. The van der Waals surface area contributed by atoms with Gasteiger partial charge in [0.15, 0.2) is 0 Å². The van der Waals surface area contributed by atoms with Gasteiger partial charge in [-0.1, -0.05) is 27.2 Å². The predicted octanol–water partition coefficient (Wildman–Crippen LogP) is 3.57. The molecule has 2 rings (SSSR count). The molecule has 1 saturated carbocycles. The maximum Gasteiger partial charge on any atom is 0.0359 e. The summed E-state index contributed by atoms with van der Waals surface area (Å²) in [4.78, 5) is 3.27. The molecular formula is C15H26N2. The Bertz CT molecular complexity index is 316. The zero-order chi connectivity index (χ0) is 12.3. The van der Waals surface area contributed by atoms with Crippen LogP contribution < -0.4 is 5.32 Å². The van der Waals surface area contributed by atoms with Gasteiger partial charge in [-0.05, 0) is 42.7 Å². The van der Waals surface area contributed by atoms with E-state index in [1.165, 1.54) is 25.0 Å². The minimum absolute atomic E-state index is 0.696. The molecule has 1 fully saturated rings. The lowest BCUT2D eigenvalue weighted by Gasteiger charge is -2.38. The molecule has 0 spiro atoms. The normalized spacial score (nSPS) is 29.8. The monoisotopic (exact) mass is 234 g/mol. The second-order valence-corrected chi connectivity index (χ2v) is 6.01. The number of nitrogens with one attached hydrogen (secondary N) is 2. The number of hydrogen-bond acceptors (Lipinski definition) is 1. The number of hydrogen-bond donors (Lipinski definition) is 2. The maximum absolute atomic E-state index is 3.75. The van der Waals surface area contributed by atoms with Gasteiger partial charge in [0.05, 0.1) is 0 Å². The smallest absolute Gasteiger partial charge is 0.0359 e. The molecule has 2 N–H and O–H groups in total. The number of aromatic nitrogens is 1. The van der Waals surface area contributed by atoms with Crippen molar-refractivity contribution in [2.45, 2.75) is 52.6 Å². The Labute approximate surface area is 105 Å². The first-order valence-electron chi connectivity index (χ1n) is 7.02. The number of rotatable bonds is 4. The molecule has 96 valence electrons. The highest BCUT2D eigenvalue weighted by Crippen LogP contribution is 2.33. The van der Waals surface area contributed by atoms with Crippen LogP contribution in [-0.4, -0.2) is 11.0 Å². The first kappa shape index (κ1) is 12.7. The molecule has 3 unspecified atom stereocenters. The quantitative estimate of drug-likeness (QED) is 0.819. The molecule has 3 atom stereocenters. The fourth-order valence-electron chi connectivity index (χ4n) is 3.16. The van der Waals surface area contributed by atoms with E-state index in [4.69, 9.17) is 0 Å². The number of aromatic amines is 1. The molecule has 0 radical (unpaired) electrons. The summed E-state index contributed by atoms with van der Waals surface area (Å²) in [7, 11) is 0. The zero-order valence-electron chi connectivity index (χ0n) is 11.4. The standard InChI is InChI=1S/C15H26N2/c1-11(2)14-7-6-12(3)9-15(14)17-10-13-5-4-8-16-13/h4-5,8,11-12,14-17H,6-7,9-10H2,1-3H3. The first-order valence-corrected chi connectivity index (χ1v) is 7.02. The van der Waals surface area contributed by atoms with E-state index in [0.717, 1.165) is 24.3 Å². The van der Waals surface area contributed by atoms with Gasteiger partial charge in [0.25, 0.3) is 0 Å². The van der Waals surface area contributed by atoms with E-state index in [1.54, 1.807) is 0 Å². The average Bonchev–Trinajstić information content (AvgIpc) is 2.78. The van der Waals surface area contributed by atoms with Gasteiger partial charge < -0.3 is 10.3 Å². The van der Waals surface area contributed by atoms with E-state index < -0.39 is 0 Å². The van der Waals surface area contributed by atoms with Crippen LogP contribution in [0.5, 0.6) is 0 Å². The van der Waals surface area contributed by atoms with Crippen molar-refractivity contribution in [2.75, 3.05) is 0 Å². The molecule has 1 heterocycles. The molecule has 1 aromatic heterocycles. The molecule has 2 nitrogen and oxygen atoms in total. The van der Waals surface area contributed by atoms with Gasteiger partial charge in [-0.2, -0.15) is 0 Å². The van der Waals surface area contributed by atoms with Crippen LogP contribution >= 0.6 is 0 Å². The van der Waals surface area contributed by atoms with Crippen LogP contribution in [0, 0.1) is 17.8 Å². The third-order valence-electron chi connectivity index (χ3n) is 4.24. The van der Waals surface area contributed by atoms with Gasteiger partial charge in [0.1, 0.15) is 0 Å². The highest BCUT2D eigenvalue weighted by Gasteiger charge is 2.30. The van der Waals surface area contributed by atoms with E-state index in [0.29, 0.717) is 6.04 Å². The van der Waals surface area contributed by atoms with E-state index in [2.05, 4.69) is 43.2 Å². The average molecular weight is 234 g/mol. The topological polar surface area (TPSA) is 27.8 Å². The van der Waals surface area contributed by atoms with Gasteiger partial charge in [-0.15, -0.1) is 0 Å². The molecule has 0 aromatic carbocycles. The Morgan fingerprint density at radius 1 is 1.41 bits per heavy atom. The van der Waals surface area contributed by atoms with Crippen molar-refractivity contribution in [1.82, 2.24) is 10.3 Å². The molecule has 0 amide bonds. The Morgan fingerprint density at radius 2 is 2.24 bits per heavy atom. The van der Waals surface area contributed by atoms with E-state index >= 15 is 0 Å². The van der Waals surface area contributed by atoms with Crippen LogP contribution in [0.25, 0.3) is 0 Å². The summed E-state index contributed by atoms with van der Waals surface area (Å²) in [5.41, 5.74) is 1.30. The molecule has 1 aliphatic rings. The minimum Gasteiger partial charge on any atom is -0.364 e. The summed E-state index contributed by atoms with van der Waals surface area (Å²) in [6.07, 6.45) is 6.13. The zero-order valence-corrected chi connectivity index (χ0v) is 11.4. The lowest BCUT2D eigenvalue weighted by Crippen LogP contribution is -2.42. The molecule has 1 aliphatic carbocycles. The van der Waals surface area contributed by atoms with E-state index in [-0.39, 0.29) is 0 Å². The van der Waals surface area contributed by atoms with Crippen LogP contribution in [-0.2, 0) is 6.54 Å². The third kappa shape index (κ3) is 3.35.